The largest absolute Gasteiger partial charge is 0.325 e. The second-order valence-corrected chi connectivity index (χ2v) is 6.99. The zero-order valence-corrected chi connectivity index (χ0v) is 14.4. The van der Waals surface area contributed by atoms with Crippen LogP contribution < -0.4 is 5.73 Å². The van der Waals surface area contributed by atoms with E-state index in [2.05, 4.69) is 42.4 Å². The lowest BCUT2D eigenvalue weighted by Gasteiger charge is -2.21. The second-order valence-electron chi connectivity index (χ2n) is 6.99. The van der Waals surface area contributed by atoms with Crippen LogP contribution in [0.1, 0.15) is 61.0 Å². The van der Waals surface area contributed by atoms with E-state index >= 15 is 0 Å². The first-order valence-electron chi connectivity index (χ1n) is 8.89. The first-order valence-corrected chi connectivity index (χ1v) is 8.89. The Hall–Kier alpha value is -1.68. The molecule has 0 aliphatic heterocycles. The Labute approximate surface area is 139 Å². The summed E-state index contributed by atoms with van der Waals surface area (Å²) in [6.45, 7) is 4.71. The molecular weight excluding hydrogens is 284 g/mol. The summed E-state index contributed by atoms with van der Waals surface area (Å²) in [6, 6.07) is 6.53. The Balaban J connectivity index is 1.84. The van der Waals surface area contributed by atoms with Crippen molar-refractivity contribution >= 4 is 0 Å². The van der Waals surface area contributed by atoms with Gasteiger partial charge in [-0.3, -0.25) is 0 Å². The summed E-state index contributed by atoms with van der Waals surface area (Å²) in [4.78, 5) is 0. The van der Waals surface area contributed by atoms with Gasteiger partial charge in [0.25, 0.3) is 0 Å². The molecule has 1 heterocycles. The van der Waals surface area contributed by atoms with E-state index in [9.17, 15) is 0 Å². The van der Waals surface area contributed by atoms with Gasteiger partial charge in [-0.15, -0.1) is 5.10 Å². The minimum atomic E-state index is 0.463. The summed E-state index contributed by atoms with van der Waals surface area (Å²) < 4.78 is 2.00. The Bertz CT molecular complexity index is 633. The van der Waals surface area contributed by atoms with E-state index < -0.39 is 0 Å². The zero-order chi connectivity index (χ0) is 16.2. The molecule has 2 aromatic rings. The van der Waals surface area contributed by atoms with Crippen molar-refractivity contribution in [1.29, 1.82) is 0 Å². The molecule has 0 atom stereocenters. The van der Waals surface area contributed by atoms with Crippen LogP contribution in [-0.4, -0.2) is 15.0 Å². The fraction of sp³-hybridized carbons (Fsp3) is 0.579. The molecule has 1 aliphatic carbocycles. The molecule has 0 saturated heterocycles. The number of hydrogen-bond donors (Lipinski definition) is 1. The lowest BCUT2D eigenvalue weighted by atomic mass is 9.85. The monoisotopic (exact) mass is 312 g/mol. The Kier molecular flexibility index (Phi) is 5.11. The third kappa shape index (κ3) is 3.81. The van der Waals surface area contributed by atoms with E-state index in [1.165, 1.54) is 55.3 Å². The first kappa shape index (κ1) is 16.2. The minimum absolute atomic E-state index is 0.463. The van der Waals surface area contributed by atoms with E-state index in [1.807, 2.05) is 4.68 Å². The number of nitrogens with zero attached hydrogens (tertiary/aromatic N) is 3. The first-order chi connectivity index (χ1) is 11.2. The van der Waals surface area contributed by atoms with Gasteiger partial charge in [0.05, 0.1) is 17.1 Å². The van der Waals surface area contributed by atoms with Gasteiger partial charge in [0.15, 0.2) is 0 Å². The lowest BCUT2D eigenvalue weighted by molar-refractivity contribution is 0.337. The average molecular weight is 312 g/mol. The van der Waals surface area contributed by atoms with E-state index in [0.29, 0.717) is 6.54 Å². The van der Waals surface area contributed by atoms with Gasteiger partial charge in [-0.1, -0.05) is 43.4 Å². The highest BCUT2D eigenvalue weighted by molar-refractivity contribution is 5.40. The zero-order valence-electron chi connectivity index (χ0n) is 14.4. The molecule has 0 unspecified atom stereocenters. The highest BCUT2D eigenvalue weighted by Gasteiger charge is 2.18. The topological polar surface area (TPSA) is 56.7 Å². The minimum Gasteiger partial charge on any atom is -0.325 e. The van der Waals surface area contributed by atoms with Crippen molar-refractivity contribution in [2.24, 2.45) is 11.7 Å². The van der Waals surface area contributed by atoms with Crippen LogP contribution in [-0.2, 0) is 13.0 Å². The van der Waals surface area contributed by atoms with Crippen LogP contribution in [0.4, 0.5) is 0 Å². The molecule has 124 valence electrons. The van der Waals surface area contributed by atoms with E-state index in [1.54, 1.807) is 0 Å². The summed E-state index contributed by atoms with van der Waals surface area (Å²) in [5.41, 5.74) is 11.6. The van der Waals surface area contributed by atoms with Gasteiger partial charge in [-0.2, -0.15) is 0 Å². The third-order valence-corrected chi connectivity index (χ3v) is 5.00. The van der Waals surface area contributed by atoms with Crippen LogP contribution >= 0.6 is 0 Å². The number of rotatable bonds is 5. The van der Waals surface area contributed by atoms with Gasteiger partial charge in [-0.05, 0) is 55.9 Å². The van der Waals surface area contributed by atoms with Crippen LogP contribution in [0.25, 0.3) is 5.69 Å². The quantitative estimate of drug-likeness (QED) is 0.912. The van der Waals surface area contributed by atoms with Crippen LogP contribution in [0.15, 0.2) is 18.2 Å². The Morgan fingerprint density at radius 2 is 1.78 bits per heavy atom. The lowest BCUT2D eigenvalue weighted by Crippen LogP contribution is -2.11. The molecule has 0 radical (unpaired) electrons. The van der Waals surface area contributed by atoms with Crippen molar-refractivity contribution in [1.82, 2.24) is 15.0 Å². The molecule has 1 aromatic heterocycles. The van der Waals surface area contributed by atoms with Crippen molar-refractivity contribution in [3.63, 3.8) is 0 Å². The van der Waals surface area contributed by atoms with Gasteiger partial charge in [-0.25, -0.2) is 4.68 Å². The molecule has 4 heteroatoms. The Morgan fingerprint density at radius 3 is 2.43 bits per heavy atom. The molecule has 1 saturated carbocycles. The number of nitrogens with two attached hydrogens (primary N) is 1. The maximum atomic E-state index is 5.89. The third-order valence-electron chi connectivity index (χ3n) is 5.00. The summed E-state index contributed by atoms with van der Waals surface area (Å²) in [5, 5.41) is 8.71. The van der Waals surface area contributed by atoms with Crippen LogP contribution in [0, 0.1) is 19.8 Å². The standard InChI is InChI=1S/C19H28N4/c1-14-10-15(2)12-17(11-14)23-19(18(13-20)21-22-23)9-8-16-6-4-3-5-7-16/h10-12,16H,3-9,13,20H2,1-2H3. The predicted octanol–water partition coefficient (Wildman–Crippen LogP) is 3.86. The normalized spacial score (nSPS) is 16.0. The van der Waals surface area contributed by atoms with Crippen molar-refractivity contribution < 1.29 is 0 Å². The molecule has 1 aromatic carbocycles. The molecule has 4 nitrogen and oxygen atoms in total. The number of hydrogen-bond acceptors (Lipinski definition) is 3. The SMILES string of the molecule is Cc1cc(C)cc(-n2nnc(CN)c2CCC2CCCCC2)c1. The van der Waals surface area contributed by atoms with Crippen LogP contribution in [0.2, 0.25) is 0 Å². The van der Waals surface area contributed by atoms with Gasteiger partial charge in [0.2, 0.25) is 0 Å². The molecule has 2 N–H and O–H groups in total. The van der Waals surface area contributed by atoms with E-state index in [4.69, 9.17) is 5.73 Å². The maximum Gasteiger partial charge on any atom is 0.0999 e. The van der Waals surface area contributed by atoms with Crippen molar-refractivity contribution in [2.45, 2.75) is 65.3 Å². The number of aromatic nitrogens is 3. The maximum absolute atomic E-state index is 5.89. The summed E-state index contributed by atoms with van der Waals surface area (Å²) >= 11 is 0. The van der Waals surface area contributed by atoms with Gasteiger partial charge >= 0.3 is 0 Å². The summed E-state index contributed by atoms with van der Waals surface area (Å²) in [7, 11) is 0. The molecule has 0 spiro atoms. The molecule has 23 heavy (non-hydrogen) atoms. The van der Waals surface area contributed by atoms with E-state index in [0.717, 1.165) is 23.7 Å². The summed E-state index contributed by atoms with van der Waals surface area (Å²) in [6.07, 6.45) is 9.20. The fourth-order valence-corrected chi connectivity index (χ4v) is 3.84. The van der Waals surface area contributed by atoms with Crippen LogP contribution in [0.3, 0.4) is 0 Å². The number of benzene rings is 1. The smallest absolute Gasteiger partial charge is 0.0999 e. The molecule has 3 rings (SSSR count). The molecule has 1 fully saturated rings. The van der Waals surface area contributed by atoms with Crippen molar-refractivity contribution in [3.8, 4) is 5.69 Å². The van der Waals surface area contributed by atoms with Crippen molar-refractivity contribution in [3.05, 3.63) is 40.7 Å². The predicted molar refractivity (Wildman–Crippen MR) is 93.6 cm³/mol. The molecule has 1 aliphatic rings. The average Bonchev–Trinajstić information content (AvgIpc) is 2.96. The number of aryl methyl sites for hydroxylation is 2. The van der Waals surface area contributed by atoms with Crippen molar-refractivity contribution in [2.75, 3.05) is 0 Å². The van der Waals surface area contributed by atoms with Gasteiger partial charge in [0.1, 0.15) is 0 Å². The van der Waals surface area contributed by atoms with Gasteiger partial charge < -0.3 is 5.73 Å². The second kappa shape index (κ2) is 7.26. The molecule has 0 amide bonds. The summed E-state index contributed by atoms with van der Waals surface area (Å²) in [5.74, 6) is 0.858. The van der Waals surface area contributed by atoms with E-state index in [-0.39, 0.29) is 0 Å². The van der Waals surface area contributed by atoms with Crippen LogP contribution in [0.5, 0.6) is 0 Å². The molecule has 0 bridgehead atoms. The Morgan fingerprint density at radius 1 is 1.09 bits per heavy atom. The fourth-order valence-electron chi connectivity index (χ4n) is 3.84. The highest BCUT2D eigenvalue weighted by atomic mass is 15.4. The highest BCUT2D eigenvalue weighted by Crippen LogP contribution is 2.28. The van der Waals surface area contributed by atoms with Gasteiger partial charge in [0, 0.05) is 6.54 Å². The molecular formula is C19H28N4.